The van der Waals surface area contributed by atoms with E-state index in [9.17, 15) is 4.79 Å². The number of carbonyl (C=O) groups is 1. The van der Waals surface area contributed by atoms with Gasteiger partial charge in [0.25, 0.3) is 0 Å². The molecule has 0 radical (unpaired) electrons. The van der Waals surface area contributed by atoms with Crippen LogP contribution in [0, 0.1) is 0 Å². The van der Waals surface area contributed by atoms with Gasteiger partial charge in [0, 0.05) is 36.2 Å². The predicted octanol–water partition coefficient (Wildman–Crippen LogP) is 1.54. The second-order valence-corrected chi connectivity index (χ2v) is 4.95. The maximum absolute atomic E-state index is 11.2. The van der Waals surface area contributed by atoms with Gasteiger partial charge in [0.1, 0.15) is 0 Å². The molecule has 1 rings (SSSR count). The summed E-state index contributed by atoms with van der Waals surface area (Å²) in [5.41, 5.74) is 0.697. The maximum Gasteiger partial charge on any atom is 0.333 e. The summed E-state index contributed by atoms with van der Waals surface area (Å²) in [7, 11) is 1.42. The number of carbonyl (C=O) groups excluding carboxylic acids is 1. The van der Waals surface area contributed by atoms with Crippen molar-refractivity contribution in [3.05, 3.63) is 11.6 Å². The smallest absolute Gasteiger partial charge is 0.333 e. The summed E-state index contributed by atoms with van der Waals surface area (Å²) in [6.07, 6.45) is 1.96. The van der Waals surface area contributed by atoms with Crippen LogP contribution in [0.2, 0.25) is 0 Å². The molecule has 0 aromatic heterocycles. The topological polar surface area (TPSA) is 29.5 Å². The van der Waals surface area contributed by atoms with E-state index in [0.29, 0.717) is 11.6 Å². The fraction of sp³-hybridized carbons (Fsp3) is 0.727. The molecule has 1 atom stereocenters. The second-order valence-electron chi connectivity index (χ2n) is 3.80. The Bertz CT molecular complexity index is 253. The molecular formula is C11H19NO2S. The molecule has 0 saturated carbocycles. The van der Waals surface area contributed by atoms with Gasteiger partial charge in [0.15, 0.2) is 0 Å². The summed E-state index contributed by atoms with van der Waals surface area (Å²) in [6, 6.07) is 0.602. The lowest BCUT2D eigenvalue weighted by Gasteiger charge is -2.32. The Morgan fingerprint density at radius 2 is 2.40 bits per heavy atom. The fourth-order valence-corrected chi connectivity index (χ4v) is 2.61. The fourth-order valence-electron chi connectivity index (χ4n) is 1.53. The first-order valence-electron chi connectivity index (χ1n) is 5.22. The number of hydrogen-bond acceptors (Lipinski definition) is 4. The zero-order valence-electron chi connectivity index (χ0n) is 9.66. The Kier molecular flexibility index (Phi) is 5.19. The standard InChI is InChI=1S/C11H19NO2S/c1-9(11(13)14-3)4-5-12-6-7-15-8-10(12)2/h4,10H,5-8H2,1-3H3. The zero-order valence-corrected chi connectivity index (χ0v) is 10.5. The lowest BCUT2D eigenvalue weighted by molar-refractivity contribution is -0.136. The van der Waals surface area contributed by atoms with Gasteiger partial charge in [-0.3, -0.25) is 4.90 Å². The number of rotatable bonds is 3. The van der Waals surface area contributed by atoms with E-state index in [0.717, 1.165) is 13.1 Å². The Morgan fingerprint density at radius 1 is 1.67 bits per heavy atom. The average Bonchev–Trinajstić information content (AvgIpc) is 2.26. The molecule has 0 spiro atoms. The molecular weight excluding hydrogens is 210 g/mol. The molecule has 0 aromatic rings. The maximum atomic E-state index is 11.2. The summed E-state index contributed by atoms with van der Waals surface area (Å²) in [6.45, 7) is 5.99. The van der Waals surface area contributed by atoms with Crippen LogP contribution in [0.25, 0.3) is 0 Å². The number of thioether (sulfide) groups is 1. The molecule has 3 nitrogen and oxygen atoms in total. The minimum absolute atomic E-state index is 0.228. The molecule has 4 heteroatoms. The van der Waals surface area contributed by atoms with E-state index >= 15 is 0 Å². The molecule has 1 unspecified atom stereocenters. The third kappa shape index (κ3) is 3.87. The Hall–Kier alpha value is -0.480. The van der Waals surface area contributed by atoms with Gasteiger partial charge in [0.05, 0.1) is 7.11 Å². The van der Waals surface area contributed by atoms with Crippen molar-refractivity contribution in [2.75, 3.05) is 31.7 Å². The first-order chi connectivity index (χ1) is 7.15. The molecule has 0 N–H and O–H groups in total. The molecule has 15 heavy (non-hydrogen) atoms. The van der Waals surface area contributed by atoms with Crippen LogP contribution in [-0.2, 0) is 9.53 Å². The molecule has 1 fully saturated rings. The summed E-state index contributed by atoms with van der Waals surface area (Å²) in [5.74, 6) is 2.15. The van der Waals surface area contributed by atoms with Gasteiger partial charge in [-0.25, -0.2) is 4.79 Å². The molecule has 1 aliphatic rings. The van der Waals surface area contributed by atoms with Crippen LogP contribution < -0.4 is 0 Å². The van der Waals surface area contributed by atoms with Crippen LogP contribution in [0.4, 0.5) is 0 Å². The molecule has 86 valence electrons. The lowest BCUT2D eigenvalue weighted by atomic mass is 10.2. The van der Waals surface area contributed by atoms with Gasteiger partial charge in [-0.1, -0.05) is 6.08 Å². The highest BCUT2D eigenvalue weighted by Crippen LogP contribution is 2.15. The van der Waals surface area contributed by atoms with Crippen molar-refractivity contribution in [1.82, 2.24) is 4.90 Å². The highest BCUT2D eigenvalue weighted by Gasteiger charge is 2.17. The van der Waals surface area contributed by atoms with E-state index in [1.54, 1.807) is 6.92 Å². The summed E-state index contributed by atoms with van der Waals surface area (Å²) in [5, 5.41) is 0. The average molecular weight is 229 g/mol. The molecule has 0 bridgehead atoms. The van der Waals surface area contributed by atoms with E-state index in [-0.39, 0.29) is 5.97 Å². The van der Waals surface area contributed by atoms with Crippen LogP contribution in [0.3, 0.4) is 0 Å². The summed E-state index contributed by atoms with van der Waals surface area (Å²) >= 11 is 2.00. The third-order valence-corrected chi connectivity index (χ3v) is 3.83. The van der Waals surface area contributed by atoms with Crippen molar-refractivity contribution >= 4 is 17.7 Å². The first kappa shape index (κ1) is 12.6. The third-order valence-electron chi connectivity index (χ3n) is 2.64. The number of methoxy groups -OCH3 is 1. The van der Waals surface area contributed by atoms with E-state index in [2.05, 4.69) is 16.6 Å². The minimum Gasteiger partial charge on any atom is -0.466 e. The predicted molar refractivity (Wildman–Crippen MR) is 64.1 cm³/mol. The van der Waals surface area contributed by atoms with E-state index in [4.69, 9.17) is 0 Å². The SMILES string of the molecule is COC(=O)C(C)=CCN1CCSCC1C. The van der Waals surface area contributed by atoms with Gasteiger partial charge in [-0.05, 0) is 13.8 Å². The van der Waals surface area contributed by atoms with Crippen LogP contribution >= 0.6 is 11.8 Å². The Morgan fingerprint density at radius 3 is 3.00 bits per heavy atom. The van der Waals surface area contributed by atoms with E-state index < -0.39 is 0 Å². The van der Waals surface area contributed by atoms with E-state index in [1.165, 1.54) is 18.6 Å². The largest absolute Gasteiger partial charge is 0.466 e. The van der Waals surface area contributed by atoms with Gasteiger partial charge >= 0.3 is 5.97 Å². The van der Waals surface area contributed by atoms with Crippen LogP contribution in [-0.4, -0.2) is 48.6 Å². The Balaban J connectivity index is 2.43. The number of nitrogens with zero attached hydrogens (tertiary/aromatic N) is 1. The van der Waals surface area contributed by atoms with Gasteiger partial charge in [-0.2, -0.15) is 11.8 Å². The highest BCUT2D eigenvalue weighted by molar-refractivity contribution is 7.99. The van der Waals surface area contributed by atoms with Crippen molar-refractivity contribution < 1.29 is 9.53 Å². The molecule has 1 heterocycles. The molecule has 1 aliphatic heterocycles. The summed E-state index contributed by atoms with van der Waals surface area (Å²) in [4.78, 5) is 13.5. The summed E-state index contributed by atoms with van der Waals surface area (Å²) < 4.78 is 4.65. The molecule has 1 saturated heterocycles. The van der Waals surface area contributed by atoms with Crippen LogP contribution in [0.5, 0.6) is 0 Å². The van der Waals surface area contributed by atoms with Gasteiger partial charge in [0.2, 0.25) is 0 Å². The highest BCUT2D eigenvalue weighted by atomic mass is 32.2. The van der Waals surface area contributed by atoms with Crippen molar-refractivity contribution in [3.8, 4) is 0 Å². The minimum atomic E-state index is -0.228. The molecule has 0 aromatic carbocycles. The number of hydrogen-bond donors (Lipinski definition) is 0. The van der Waals surface area contributed by atoms with Crippen molar-refractivity contribution in [1.29, 1.82) is 0 Å². The Labute approximate surface area is 95.9 Å². The monoisotopic (exact) mass is 229 g/mol. The quantitative estimate of drug-likeness (QED) is 0.542. The van der Waals surface area contributed by atoms with Crippen LogP contribution in [0.15, 0.2) is 11.6 Å². The van der Waals surface area contributed by atoms with Gasteiger partial charge in [-0.15, -0.1) is 0 Å². The lowest BCUT2D eigenvalue weighted by Crippen LogP contribution is -2.40. The van der Waals surface area contributed by atoms with Crippen molar-refractivity contribution in [3.63, 3.8) is 0 Å². The van der Waals surface area contributed by atoms with E-state index in [1.807, 2.05) is 17.8 Å². The van der Waals surface area contributed by atoms with Gasteiger partial charge < -0.3 is 4.74 Å². The molecule has 0 amide bonds. The van der Waals surface area contributed by atoms with Crippen molar-refractivity contribution in [2.24, 2.45) is 0 Å². The number of esters is 1. The second kappa shape index (κ2) is 6.18. The molecule has 0 aliphatic carbocycles. The number of ether oxygens (including phenoxy) is 1. The normalized spacial score (nSPS) is 23.9. The van der Waals surface area contributed by atoms with Crippen LogP contribution in [0.1, 0.15) is 13.8 Å². The van der Waals surface area contributed by atoms with Crippen molar-refractivity contribution in [2.45, 2.75) is 19.9 Å². The zero-order chi connectivity index (χ0) is 11.3. The first-order valence-corrected chi connectivity index (χ1v) is 6.37.